The Kier molecular flexibility index (Phi) is 6.01. The summed E-state index contributed by atoms with van der Waals surface area (Å²) in [5.74, 6) is -1.21. The number of likely N-dealkylation sites (tertiary alicyclic amines) is 1. The number of esters is 1. The summed E-state index contributed by atoms with van der Waals surface area (Å²) in [4.78, 5) is 51.3. The molecule has 30 heavy (non-hydrogen) atoms. The average Bonchev–Trinajstić information content (AvgIpc) is 2.90. The summed E-state index contributed by atoms with van der Waals surface area (Å²) >= 11 is 0. The van der Waals surface area contributed by atoms with Gasteiger partial charge in [0.05, 0.1) is 17.6 Å². The lowest BCUT2D eigenvalue weighted by Gasteiger charge is -2.47. The molecule has 2 unspecified atom stereocenters. The topological polar surface area (TPSA) is 92.8 Å². The second-order valence-electron chi connectivity index (χ2n) is 8.95. The van der Waals surface area contributed by atoms with Gasteiger partial charge < -0.3 is 10.1 Å². The highest BCUT2D eigenvalue weighted by molar-refractivity contribution is 6.04. The van der Waals surface area contributed by atoms with E-state index in [1.165, 1.54) is 4.90 Å². The molecule has 1 aliphatic carbocycles. The van der Waals surface area contributed by atoms with Crippen molar-refractivity contribution in [1.29, 1.82) is 0 Å². The van der Waals surface area contributed by atoms with Crippen molar-refractivity contribution in [2.75, 3.05) is 18.5 Å². The number of carbonyl (C=O) groups is 4. The zero-order valence-electron chi connectivity index (χ0n) is 18.1. The van der Waals surface area contributed by atoms with Gasteiger partial charge in [0.1, 0.15) is 0 Å². The fourth-order valence-electron chi connectivity index (χ4n) is 4.52. The van der Waals surface area contributed by atoms with E-state index in [1.807, 2.05) is 27.7 Å². The van der Waals surface area contributed by atoms with Gasteiger partial charge in [0.2, 0.25) is 17.7 Å². The first-order chi connectivity index (χ1) is 14.1. The highest BCUT2D eigenvalue weighted by atomic mass is 16.5. The maximum Gasteiger partial charge on any atom is 0.338 e. The second-order valence-corrected chi connectivity index (χ2v) is 8.95. The predicted octanol–water partition coefficient (Wildman–Crippen LogP) is 3.39. The largest absolute Gasteiger partial charge is 0.462 e. The zero-order valence-corrected chi connectivity index (χ0v) is 18.1. The van der Waals surface area contributed by atoms with Gasteiger partial charge in [-0.05, 0) is 48.9 Å². The van der Waals surface area contributed by atoms with Crippen LogP contribution in [0.3, 0.4) is 0 Å². The van der Waals surface area contributed by atoms with E-state index in [2.05, 4.69) is 5.32 Å². The van der Waals surface area contributed by atoms with E-state index in [9.17, 15) is 19.2 Å². The third kappa shape index (κ3) is 3.73. The van der Waals surface area contributed by atoms with E-state index >= 15 is 0 Å². The van der Waals surface area contributed by atoms with E-state index < -0.39 is 11.4 Å². The Morgan fingerprint density at radius 3 is 2.47 bits per heavy atom. The molecule has 2 fully saturated rings. The Labute approximate surface area is 177 Å². The first-order valence-electron chi connectivity index (χ1n) is 10.5. The van der Waals surface area contributed by atoms with Crippen molar-refractivity contribution in [3.8, 4) is 0 Å². The summed E-state index contributed by atoms with van der Waals surface area (Å²) in [6.45, 7) is 8.28. The molecule has 2 atom stereocenters. The van der Waals surface area contributed by atoms with Gasteiger partial charge in [-0.2, -0.15) is 0 Å². The number of carbonyl (C=O) groups excluding carboxylic acids is 4. The lowest BCUT2D eigenvalue weighted by molar-refractivity contribution is -0.167. The van der Waals surface area contributed by atoms with E-state index in [-0.39, 0.29) is 42.0 Å². The monoisotopic (exact) mass is 414 g/mol. The van der Waals surface area contributed by atoms with E-state index in [0.29, 0.717) is 30.7 Å². The summed E-state index contributed by atoms with van der Waals surface area (Å²) in [6, 6.07) is 6.43. The highest BCUT2D eigenvalue weighted by Gasteiger charge is 2.64. The normalized spacial score (nSPS) is 24.7. The number of ether oxygens (including phenoxy) is 1. The third-order valence-corrected chi connectivity index (χ3v) is 6.91. The number of rotatable bonds is 7. The van der Waals surface area contributed by atoms with Gasteiger partial charge in [-0.15, -0.1) is 0 Å². The van der Waals surface area contributed by atoms with Crippen molar-refractivity contribution in [1.82, 2.24) is 4.90 Å². The van der Waals surface area contributed by atoms with Crippen LogP contribution in [-0.2, 0) is 19.1 Å². The van der Waals surface area contributed by atoms with Crippen molar-refractivity contribution >= 4 is 29.4 Å². The third-order valence-electron chi connectivity index (χ3n) is 6.91. The van der Waals surface area contributed by atoms with Gasteiger partial charge in [-0.3, -0.25) is 19.3 Å². The fourth-order valence-corrected chi connectivity index (χ4v) is 4.52. The smallest absolute Gasteiger partial charge is 0.338 e. The number of hydrogen-bond acceptors (Lipinski definition) is 5. The number of nitrogens with zero attached hydrogens (tertiary/aromatic N) is 1. The number of anilines is 1. The Morgan fingerprint density at radius 2 is 1.83 bits per heavy atom. The predicted molar refractivity (Wildman–Crippen MR) is 112 cm³/mol. The number of nitrogens with one attached hydrogen (secondary N) is 1. The maximum absolute atomic E-state index is 13.0. The first-order valence-corrected chi connectivity index (χ1v) is 10.5. The molecule has 1 N–H and O–H groups in total. The SMILES string of the molecule is CCCOC(=O)c1ccc(NC(=O)CCN2C(=O)C3CCC(C)(C2=O)C3(C)C)cc1. The van der Waals surface area contributed by atoms with Crippen LogP contribution in [0, 0.1) is 16.7 Å². The first kappa shape index (κ1) is 22.0. The molecule has 3 rings (SSSR count). The highest BCUT2D eigenvalue weighted by Crippen LogP contribution is 2.60. The molecular weight excluding hydrogens is 384 g/mol. The summed E-state index contributed by atoms with van der Waals surface area (Å²) in [5, 5.41) is 2.74. The molecule has 1 aromatic carbocycles. The lowest BCUT2D eigenvalue weighted by Crippen LogP contribution is -2.59. The minimum atomic E-state index is -0.565. The van der Waals surface area contributed by atoms with Gasteiger partial charge in [0, 0.05) is 24.6 Å². The van der Waals surface area contributed by atoms with Crippen LogP contribution >= 0.6 is 0 Å². The molecule has 1 saturated heterocycles. The Hall–Kier alpha value is -2.70. The molecule has 0 aromatic heterocycles. The molecule has 2 bridgehead atoms. The Morgan fingerprint density at radius 1 is 1.17 bits per heavy atom. The quantitative estimate of drug-likeness (QED) is 0.545. The van der Waals surface area contributed by atoms with Gasteiger partial charge in [0.25, 0.3) is 0 Å². The van der Waals surface area contributed by atoms with Gasteiger partial charge in [0.15, 0.2) is 0 Å². The van der Waals surface area contributed by atoms with E-state index in [4.69, 9.17) is 4.74 Å². The van der Waals surface area contributed by atoms with Gasteiger partial charge >= 0.3 is 5.97 Å². The molecule has 0 radical (unpaired) electrons. The van der Waals surface area contributed by atoms with Crippen molar-refractivity contribution in [2.45, 2.75) is 53.4 Å². The summed E-state index contributed by atoms with van der Waals surface area (Å²) in [6.07, 6.45) is 2.19. The lowest BCUT2D eigenvalue weighted by atomic mass is 9.62. The summed E-state index contributed by atoms with van der Waals surface area (Å²) < 4.78 is 5.07. The van der Waals surface area contributed by atoms with Crippen molar-refractivity contribution in [3.63, 3.8) is 0 Å². The molecule has 0 spiro atoms. The molecule has 1 heterocycles. The molecule has 1 aliphatic heterocycles. The van der Waals surface area contributed by atoms with Crippen LogP contribution in [0.2, 0.25) is 0 Å². The Bertz CT molecular complexity index is 861. The van der Waals surface area contributed by atoms with Crippen LogP contribution in [0.4, 0.5) is 5.69 Å². The minimum Gasteiger partial charge on any atom is -0.462 e. The molecule has 2 aliphatic rings. The number of hydrogen-bond donors (Lipinski definition) is 1. The standard InChI is InChI=1S/C23H30N2O5/c1-5-14-30-20(28)15-6-8-16(9-7-15)24-18(26)11-13-25-19(27)17-10-12-23(4,21(25)29)22(17,2)3/h6-9,17H,5,10-14H2,1-4H3,(H,24,26). The molecular formula is C23H30N2O5. The summed E-state index contributed by atoms with van der Waals surface area (Å²) in [7, 11) is 0. The maximum atomic E-state index is 13.0. The number of fused-ring (bicyclic) bond motifs is 2. The average molecular weight is 415 g/mol. The number of benzene rings is 1. The molecule has 1 aromatic rings. The van der Waals surface area contributed by atoms with Gasteiger partial charge in [-0.25, -0.2) is 4.79 Å². The summed E-state index contributed by atoms with van der Waals surface area (Å²) in [5.41, 5.74) is 0.0262. The van der Waals surface area contributed by atoms with Crippen LogP contribution in [-0.4, -0.2) is 41.7 Å². The molecule has 162 valence electrons. The number of amides is 3. The van der Waals surface area contributed by atoms with Crippen LogP contribution in [0.1, 0.15) is 63.7 Å². The van der Waals surface area contributed by atoms with Crippen LogP contribution in [0.5, 0.6) is 0 Å². The van der Waals surface area contributed by atoms with Crippen molar-refractivity contribution in [3.05, 3.63) is 29.8 Å². The minimum absolute atomic E-state index is 0.0288. The van der Waals surface area contributed by atoms with Crippen LogP contribution < -0.4 is 5.32 Å². The second kappa shape index (κ2) is 8.20. The Balaban J connectivity index is 1.57. The van der Waals surface area contributed by atoms with Crippen LogP contribution in [0.15, 0.2) is 24.3 Å². The van der Waals surface area contributed by atoms with Crippen molar-refractivity contribution in [2.24, 2.45) is 16.7 Å². The fraction of sp³-hybridized carbons (Fsp3) is 0.565. The molecule has 7 nitrogen and oxygen atoms in total. The molecule has 3 amide bonds. The van der Waals surface area contributed by atoms with Crippen LogP contribution in [0.25, 0.3) is 0 Å². The van der Waals surface area contributed by atoms with E-state index in [1.54, 1.807) is 24.3 Å². The van der Waals surface area contributed by atoms with Gasteiger partial charge in [-0.1, -0.05) is 27.7 Å². The molecule has 7 heteroatoms. The van der Waals surface area contributed by atoms with Crippen molar-refractivity contribution < 1.29 is 23.9 Å². The van der Waals surface area contributed by atoms with E-state index in [0.717, 1.165) is 6.42 Å². The molecule has 1 saturated carbocycles. The number of piperidine rings is 1. The zero-order chi connectivity index (χ0) is 22.1. The number of imide groups is 1.